The Kier molecular flexibility index (Phi) is 4.26. The summed E-state index contributed by atoms with van der Waals surface area (Å²) in [5, 5.41) is 9.30. The van der Waals surface area contributed by atoms with Crippen molar-refractivity contribution >= 4 is 16.8 Å². The number of aromatic nitrogens is 2. The summed E-state index contributed by atoms with van der Waals surface area (Å²) in [7, 11) is 0. The molecule has 0 aliphatic rings. The molecular weight excluding hydrogens is 310 g/mol. The quantitative estimate of drug-likeness (QED) is 0.491. The molecule has 3 aromatic rings. The maximum Gasteiger partial charge on any atom is 0.329 e. The molecule has 3 N–H and O–H groups in total. The first-order valence-electron chi connectivity index (χ1n) is 7.33. The van der Waals surface area contributed by atoms with Gasteiger partial charge in [0, 0.05) is 6.42 Å². The second-order valence-corrected chi connectivity index (χ2v) is 5.33. The summed E-state index contributed by atoms with van der Waals surface area (Å²) >= 11 is 0. The third kappa shape index (κ3) is 2.84. The highest BCUT2D eigenvalue weighted by Crippen LogP contribution is 2.13. The molecule has 3 rings (SSSR count). The Labute approximate surface area is 136 Å². The average molecular weight is 325 g/mol. The van der Waals surface area contributed by atoms with E-state index in [2.05, 4.69) is 4.98 Å². The van der Waals surface area contributed by atoms with Crippen LogP contribution in [-0.2, 0) is 11.2 Å². The van der Waals surface area contributed by atoms with E-state index in [0.717, 1.165) is 10.1 Å². The van der Waals surface area contributed by atoms with E-state index in [-0.39, 0.29) is 6.42 Å². The molecule has 0 saturated heterocycles. The predicted molar refractivity (Wildman–Crippen MR) is 87.9 cm³/mol. The number of carbonyl (C=O) groups excluding carboxylic acids is 1. The number of aromatic amines is 1. The van der Waals surface area contributed by atoms with Crippen LogP contribution in [0.2, 0.25) is 0 Å². The molecule has 0 saturated carbocycles. The highest BCUT2D eigenvalue weighted by molar-refractivity contribution is 5.81. The molecule has 24 heavy (non-hydrogen) atoms. The van der Waals surface area contributed by atoms with E-state index in [1.54, 1.807) is 48.5 Å². The lowest BCUT2D eigenvalue weighted by atomic mass is 10.1. The van der Waals surface area contributed by atoms with Crippen LogP contribution in [0.5, 0.6) is 0 Å². The van der Waals surface area contributed by atoms with Gasteiger partial charge in [-0.3, -0.25) is 14.8 Å². The van der Waals surface area contributed by atoms with E-state index >= 15 is 0 Å². The number of para-hydroxylation sites is 1. The third-order valence-corrected chi connectivity index (χ3v) is 3.83. The molecule has 1 aromatic heterocycles. The van der Waals surface area contributed by atoms with Gasteiger partial charge >= 0.3 is 5.69 Å². The summed E-state index contributed by atoms with van der Waals surface area (Å²) in [6.07, 6.45) is 0.0918. The first-order valence-corrected chi connectivity index (χ1v) is 7.33. The second-order valence-electron chi connectivity index (χ2n) is 5.33. The van der Waals surface area contributed by atoms with Crippen LogP contribution in [-0.4, -0.2) is 20.7 Å². The van der Waals surface area contributed by atoms with Crippen LogP contribution < -0.4 is 16.7 Å². The van der Waals surface area contributed by atoms with Gasteiger partial charge in [-0.2, -0.15) is 0 Å². The summed E-state index contributed by atoms with van der Waals surface area (Å²) in [6.45, 7) is 0. The predicted octanol–water partition coefficient (Wildman–Crippen LogP) is 0.979. The van der Waals surface area contributed by atoms with Crippen molar-refractivity contribution in [2.24, 2.45) is 0 Å². The molecule has 122 valence electrons. The molecule has 1 heterocycles. The van der Waals surface area contributed by atoms with Gasteiger partial charge in [-0.15, -0.1) is 0 Å². The lowest BCUT2D eigenvalue weighted by molar-refractivity contribution is -0.132. The van der Waals surface area contributed by atoms with E-state index in [0.29, 0.717) is 10.9 Å². The fraction of sp³-hybridized carbons (Fsp3) is 0.118. The number of carbonyl (C=O) groups is 1. The van der Waals surface area contributed by atoms with Crippen molar-refractivity contribution in [2.75, 3.05) is 0 Å². The Morgan fingerprint density at radius 3 is 2.46 bits per heavy atom. The van der Waals surface area contributed by atoms with E-state index in [1.165, 1.54) is 5.48 Å². The normalized spacial score (nSPS) is 12.0. The molecular formula is C17H15N3O4. The molecule has 0 spiro atoms. The minimum absolute atomic E-state index is 0.0918. The van der Waals surface area contributed by atoms with Crippen molar-refractivity contribution in [3.63, 3.8) is 0 Å². The van der Waals surface area contributed by atoms with E-state index in [4.69, 9.17) is 5.21 Å². The molecule has 2 aromatic carbocycles. The van der Waals surface area contributed by atoms with Gasteiger partial charge < -0.3 is 4.98 Å². The van der Waals surface area contributed by atoms with Gasteiger partial charge in [0.2, 0.25) is 0 Å². The second kappa shape index (κ2) is 6.51. The van der Waals surface area contributed by atoms with Crippen molar-refractivity contribution in [2.45, 2.75) is 12.5 Å². The van der Waals surface area contributed by atoms with Gasteiger partial charge in [0.15, 0.2) is 0 Å². The lowest BCUT2D eigenvalue weighted by Gasteiger charge is -2.17. The summed E-state index contributed by atoms with van der Waals surface area (Å²) in [6, 6.07) is 14.3. The Bertz CT molecular complexity index is 992. The SMILES string of the molecule is O=C(NO)[C@H](Cc1ccccc1)n1c(=O)[nH]c2ccccc2c1=O. The lowest BCUT2D eigenvalue weighted by Crippen LogP contribution is -2.44. The summed E-state index contributed by atoms with van der Waals surface area (Å²) < 4.78 is 0.834. The number of hydrogen-bond acceptors (Lipinski definition) is 4. The molecule has 0 aliphatic heterocycles. The fourth-order valence-electron chi connectivity index (χ4n) is 2.67. The fourth-order valence-corrected chi connectivity index (χ4v) is 2.67. The van der Waals surface area contributed by atoms with Crippen LogP contribution in [0.25, 0.3) is 10.9 Å². The number of hydrogen-bond donors (Lipinski definition) is 3. The number of nitrogens with one attached hydrogen (secondary N) is 2. The van der Waals surface area contributed by atoms with Crippen LogP contribution in [0.4, 0.5) is 0 Å². The highest BCUT2D eigenvalue weighted by Gasteiger charge is 2.25. The average Bonchev–Trinajstić information content (AvgIpc) is 2.61. The molecule has 7 heteroatoms. The number of nitrogens with zero attached hydrogens (tertiary/aromatic N) is 1. The van der Waals surface area contributed by atoms with Crippen LogP contribution in [0.15, 0.2) is 64.2 Å². The van der Waals surface area contributed by atoms with E-state index in [9.17, 15) is 14.4 Å². The molecule has 0 aliphatic carbocycles. The number of benzene rings is 2. The zero-order valence-corrected chi connectivity index (χ0v) is 12.6. The maximum atomic E-state index is 12.7. The molecule has 0 unspecified atom stereocenters. The van der Waals surface area contributed by atoms with Crippen molar-refractivity contribution in [3.8, 4) is 0 Å². The van der Waals surface area contributed by atoms with Gasteiger partial charge in [-0.05, 0) is 17.7 Å². The van der Waals surface area contributed by atoms with E-state index < -0.39 is 23.2 Å². The number of amides is 1. The van der Waals surface area contributed by atoms with Crippen molar-refractivity contribution < 1.29 is 10.0 Å². The number of hydroxylamine groups is 1. The molecule has 7 nitrogen and oxygen atoms in total. The Morgan fingerprint density at radius 1 is 1.08 bits per heavy atom. The topological polar surface area (TPSA) is 104 Å². The monoisotopic (exact) mass is 325 g/mol. The summed E-state index contributed by atoms with van der Waals surface area (Å²) in [5.74, 6) is -0.832. The third-order valence-electron chi connectivity index (χ3n) is 3.83. The Morgan fingerprint density at radius 2 is 1.75 bits per heavy atom. The number of H-pyrrole nitrogens is 1. The van der Waals surface area contributed by atoms with Crippen molar-refractivity contribution in [1.29, 1.82) is 0 Å². The minimum atomic E-state index is -1.17. The van der Waals surface area contributed by atoms with Gasteiger partial charge in [-0.1, -0.05) is 42.5 Å². The maximum absolute atomic E-state index is 12.7. The standard InChI is InChI=1S/C17H15N3O4/c21-15(19-24)14(10-11-6-2-1-3-7-11)20-16(22)12-8-4-5-9-13(12)18-17(20)23/h1-9,14,24H,10H2,(H,18,23)(H,19,21)/t14-/m0/s1. The molecule has 0 radical (unpaired) electrons. The van der Waals surface area contributed by atoms with Gasteiger partial charge in [0.1, 0.15) is 6.04 Å². The highest BCUT2D eigenvalue weighted by atomic mass is 16.5. The summed E-state index contributed by atoms with van der Waals surface area (Å²) in [5.41, 5.74) is 1.40. The Hall–Kier alpha value is -3.19. The largest absolute Gasteiger partial charge is 0.329 e. The molecule has 1 atom stereocenters. The molecule has 1 amide bonds. The minimum Gasteiger partial charge on any atom is -0.307 e. The first-order chi connectivity index (χ1) is 11.6. The van der Waals surface area contributed by atoms with Gasteiger partial charge in [0.05, 0.1) is 10.9 Å². The molecule has 0 bridgehead atoms. The molecule has 0 fully saturated rings. The smallest absolute Gasteiger partial charge is 0.307 e. The van der Waals surface area contributed by atoms with Crippen molar-refractivity contribution in [3.05, 3.63) is 81.0 Å². The van der Waals surface area contributed by atoms with E-state index in [1.807, 2.05) is 6.07 Å². The zero-order chi connectivity index (χ0) is 17.1. The first kappa shape index (κ1) is 15.7. The van der Waals surface area contributed by atoms with Gasteiger partial charge in [-0.25, -0.2) is 14.8 Å². The number of fused-ring (bicyclic) bond motifs is 1. The van der Waals surface area contributed by atoms with Gasteiger partial charge in [0.25, 0.3) is 11.5 Å². The van der Waals surface area contributed by atoms with Crippen LogP contribution in [0.3, 0.4) is 0 Å². The van der Waals surface area contributed by atoms with Crippen LogP contribution in [0.1, 0.15) is 11.6 Å². The van der Waals surface area contributed by atoms with Crippen LogP contribution >= 0.6 is 0 Å². The van der Waals surface area contributed by atoms with Crippen molar-refractivity contribution in [1.82, 2.24) is 15.0 Å². The zero-order valence-electron chi connectivity index (χ0n) is 12.6. The summed E-state index contributed by atoms with van der Waals surface area (Å²) in [4.78, 5) is 39.7. The number of rotatable bonds is 4. The Balaban J connectivity index is 2.18. The van der Waals surface area contributed by atoms with Crippen LogP contribution in [0, 0.1) is 0 Å².